The van der Waals surface area contributed by atoms with Crippen molar-refractivity contribution in [3.05, 3.63) is 57.2 Å². The van der Waals surface area contributed by atoms with Crippen LogP contribution >= 0.6 is 22.9 Å². The maximum absolute atomic E-state index is 12.3. The van der Waals surface area contributed by atoms with Crippen molar-refractivity contribution in [1.82, 2.24) is 15.5 Å². The number of nitrogens with one attached hydrogen (secondary N) is 2. The van der Waals surface area contributed by atoms with Gasteiger partial charge < -0.3 is 10.6 Å². The molecular formula is C21H28ClN3O2S. The molecule has 0 aliphatic carbocycles. The van der Waals surface area contributed by atoms with Gasteiger partial charge in [0.1, 0.15) is 0 Å². The van der Waals surface area contributed by atoms with Gasteiger partial charge in [0.15, 0.2) is 0 Å². The van der Waals surface area contributed by atoms with Crippen LogP contribution in [0.4, 0.5) is 0 Å². The van der Waals surface area contributed by atoms with Crippen LogP contribution < -0.4 is 10.6 Å². The van der Waals surface area contributed by atoms with Crippen LogP contribution in [0.2, 0.25) is 5.02 Å². The van der Waals surface area contributed by atoms with Gasteiger partial charge in [-0.15, -0.1) is 0 Å². The number of nitrogens with zero attached hydrogens (tertiary/aromatic N) is 1. The third kappa shape index (κ3) is 6.62. The fourth-order valence-electron chi connectivity index (χ4n) is 3.09. The van der Waals surface area contributed by atoms with Crippen molar-refractivity contribution >= 4 is 34.8 Å². The fraction of sp³-hybridized carbons (Fsp3) is 0.429. The summed E-state index contributed by atoms with van der Waals surface area (Å²) in [4.78, 5) is 26.4. The molecule has 2 N–H and O–H groups in total. The van der Waals surface area contributed by atoms with Crippen LogP contribution in [-0.2, 0) is 4.79 Å². The molecule has 7 heteroatoms. The van der Waals surface area contributed by atoms with Crippen LogP contribution in [0.15, 0.2) is 41.1 Å². The van der Waals surface area contributed by atoms with Crippen molar-refractivity contribution < 1.29 is 9.59 Å². The summed E-state index contributed by atoms with van der Waals surface area (Å²) in [7, 11) is 0. The number of rotatable bonds is 11. The van der Waals surface area contributed by atoms with E-state index in [9.17, 15) is 9.59 Å². The second-order valence-corrected chi connectivity index (χ2v) is 7.62. The minimum absolute atomic E-state index is 0.0195. The lowest BCUT2D eigenvalue weighted by atomic mass is 10.0. The SMILES string of the molecule is CCN(CC)C(CNC(=O)CCCNC(=O)c1ccsc1)c1ccccc1Cl. The first-order chi connectivity index (χ1) is 13.6. The first kappa shape index (κ1) is 22.4. The highest BCUT2D eigenvalue weighted by Gasteiger charge is 2.20. The molecule has 1 aromatic carbocycles. The van der Waals surface area contributed by atoms with Crippen LogP contribution in [0, 0.1) is 0 Å². The van der Waals surface area contributed by atoms with Crippen molar-refractivity contribution in [2.75, 3.05) is 26.2 Å². The maximum Gasteiger partial charge on any atom is 0.252 e. The molecule has 28 heavy (non-hydrogen) atoms. The molecule has 0 saturated carbocycles. The first-order valence-electron chi connectivity index (χ1n) is 9.62. The summed E-state index contributed by atoms with van der Waals surface area (Å²) in [6.07, 6.45) is 0.973. The number of thiophene rings is 1. The zero-order valence-electron chi connectivity index (χ0n) is 16.4. The Bertz CT molecular complexity index is 748. The van der Waals surface area contributed by atoms with Gasteiger partial charge >= 0.3 is 0 Å². The molecule has 0 bridgehead atoms. The zero-order chi connectivity index (χ0) is 20.4. The normalized spacial score (nSPS) is 12.0. The van der Waals surface area contributed by atoms with E-state index in [1.807, 2.05) is 35.0 Å². The van der Waals surface area contributed by atoms with E-state index in [0.717, 1.165) is 18.7 Å². The predicted molar refractivity (Wildman–Crippen MR) is 116 cm³/mol. The summed E-state index contributed by atoms with van der Waals surface area (Å²) in [5, 5.41) is 10.3. The smallest absolute Gasteiger partial charge is 0.252 e. The molecule has 2 aromatic rings. The van der Waals surface area contributed by atoms with Gasteiger partial charge in [0.2, 0.25) is 5.91 Å². The molecule has 0 saturated heterocycles. The van der Waals surface area contributed by atoms with Crippen molar-refractivity contribution in [3.8, 4) is 0 Å². The average molecular weight is 422 g/mol. The Hall–Kier alpha value is -1.89. The van der Waals surface area contributed by atoms with Crippen molar-refractivity contribution in [2.24, 2.45) is 0 Å². The molecule has 1 aromatic heterocycles. The van der Waals surface area contributed by atoms with Crippen LogP contribution in [0.25, 0.3) is 0 Å². The summed E-state index contributed by atoms with van der Waals surface area (Å²) < 4.78 is 0. The van der Waals surface area contributed by atoms with Gasteiger partial charge in [-0.2, -0.15) is 11.3 Å². The number of hydrogen-bond donors (Lipinski definition) is 2. The number of carbonyl (C=O) groups is 2. The van der Waals surface area contributed by atoms with E-state index >= 15 is 0 Å². The Balaban J connectivity index is 1.81. The van der Waals surface area contributed by atoms with Gasteiger partial charge in [0, 0.05) is 35.5 Å². The quantitative estimate of drug-likeness (QED) is 0.536. The summed E-state index contributed by atoms with van der Waals surface area (Å²) in [5.74, 6) is -0.115. The van der Waals surface area contributed by atoms with E-state index in [-0.39, 0.29) is 17.9 Å². The van der Waals surface area contributed by atoms with Gasteiger partial charge in [-0.25, -0.2) is 0 Å². The Labute approximate surface area is 176 Å². The molecular weight excluding hydrogens is 394 g/mol. The molecule has 0 aliphatic rings. The minimum atomic E-state index is -0.0954. The molecule has 1 heterocycles. The Morgan fingerprint density at radius 2 is 1.89 bits per heavy atom. The lowest BCUT2D eigenvalue weighted by molar-refractivity contribution is -0.121. The number of hydrogen-bond acceptors (Lipinski definition) is 4. The lowest BCUT2D eigenvalue weighted by Crippen LogP contribution is -2.38. The standard InChI is InChI=1S/C21H28ClN3O2S/c1-3-25(4-2)19(17-8-5-6-9-18(17)22)14-24-20(26)10-7-12-23-21(27)16-11-13-28-15-16/h5-6,8-9,11,13,15,19H,3-4,7,10,12,14H2,1-2H3,(H,23,27)(H,24,26). The molecule has 0 radical (unpaired) electrons. The number of amides is 2. The molecule has 1 atom stereocenters. The lowest BCUT2D eigenvalue weighted by Gasteiger charge is -2.31. The highest BCUT2D eigenvalue weighted by molar-refractivity contribution is 7.08. The van der Waals surface area contributed by atoms with Gasteiger partial charge in [-0.05, 0) is 42.6 Å². The van der Waals surface area contributed by atoms with Crippen LogP contribution in [-0.4, -0.2) is 42.9 Å². The molecule has 152 valence electrons. The largest absolute Gasteiger partial charge is 0.354 e. The average Bonchev–Trinajstić information content (AvgIpc) is 3.24. The summed E-state index contributed by atoms with van der Waals surface area (Å²) in [5.41, 5.74) is 1.69. The minimum Gasteiger partial charge on any atom is -0.354 e. The van der Waals surface area contributed by atoms with Crippen molar-refractivity contribution in [1.29, 1.82) is 0 Å². The van der Waals surface area contributed by atoms with Crippen molar-refractivity contribution in [3.63, 3.8) is 0 Å². The first-order valence-corrected chi connectivity index (χ1v) is 10.9. The fourth-order valence-corrected chi connectivity index (χ4v) is 3.99. The maximum atomic E-state index is 12.3. The monoisotopic (exact) mass is 421 g/mol. The zero-order valence-corrected chi connectivity index (χ0v) is 18.0. The van der Waals surface area contributed by atoms with E-state index in [1.165, 1.54) is 11.3 Å². The summed E-state index contributed by atoms with van der Waals surface area (Å²) in [6.45, 7) is 6.93. The van der Waals surface area contributed by atoms with Crippen molar-refractivity contribution in [2.45, 2.75) is 32.7 Å². The second-order valence-electron chi connectivity index (χ2n) is 6.43. The molecule has 5 nitrogen and oxygen atoms in total. The molecule has 0 fully saturated rings. The second kappa shape index (κ2) is 11.8. The van der Waals surface area contributed by atoms with E-state index in [0.29, 0.717) is 36.5 Å². The highest BCUT2D eigenvalue weighted by Crippen LogP contribution is 2.26. The number of carbonyl (C=O) groups excluding carboxylic acids is 2. The summed E-state index contributed by atoms with van der Waals surface area (Å²) >= 11 is 7.88. The van der Waals surface area contributed by atoms with Gasteiger partial charge in [0.05, 0.1) is 6.04 Å². The molecule has 2 rings (SSSR count). The number of halogens is 1. The van der Waals surface area contributed by atoms with Crippen LogP contribution in [0.5, 0.6) is 0 Å². The molecule has 0 spiro atoms. The molecule has 1 unspecified atom stereocenters. The van der Waals surface area contributed by atoms with Gasteiger partial charge in [0.25, 0.3) is 5.91 Å². The summed E-state index contributed by atoms with van der Waals surface area (Å²) in [6, 6.07) is 9.59. The van der Waals surface area contributed by atoms with E-state index < -0.39 is 0 Å². The topological polar surface area (TPSA) is 61.4 Å². The van der Waals surface area contributed by atoms with E-state index in [1.54, 1.807) is 6.07 Å². The molecule has 2 amide bonds. The predicted octanol–water partition coefficient (Wildman–Crippen LogP) is 4.11. The Morgan fingerprint density at radius 1 is 1.14 bits per heavy atom. The molecule has 0 aliphatic heterocycles. The van der Waals surface area contributed by atoms with Gasteiger partial charge in [-0.3, -0.25) is 14.5 Å². The van der Waals surface area contributed by atoms with E-state index in [4.69, 9.17) is 11.6 Å². The number of benzene rings is 1. The number of likely N-dealkylation sites (N-methyl/N-ethyl adjacent to an activating group) is 1. The Kier molecular flexibility index (Phi) is 9.47. The third-order valence-electron chi connectivity index (χ3n) is 4.66. The van der Waals surface area contributed by atoms with E-state index in [2.05, 4.69) is 29.4 Å². The Morgan fingerprint density at radius 3 is 2.54 bits per heavy atom. The van der Waals surface area contributed by atoms with Gasteiger partial charge in [-0.1, -0.05) is 43.6 Å². The highest BCUT2D eigenvalue weighted by atomic mass is 35.5. The third-order valence-corrected chi connectivity index (χ3v) is 5.69. The van der Waals surface area contributed by atoms with Crippen LogP contribution in [0.1, 0.15) is 48.7 Å². The van der Waals surface area contributed by atoms with Crippen LogP contribution in [0.3, 0.4) is 0 Å².